The van der Waals surface area contributed by atoms with Gasteiger partial charge in [-0.3, -0.25) is 28.2 Å². The molecule has 10 aromatic rings. The summed E-state index contributed by atoms with van der Waals surface area (Å²) >= 11 is 0. The van der Waals surface area contributed by atoms with Crippen molar-refractivity contribution in [1.82, 2.24) is 74.0 Å². The second-order valence-corrected chi connectivity index (χ2v) is 23.1. The monoisotopic (exact) mass is 1230 g/mol. The molecule has 0 unspecified atom stereocenters. The van der Waals surface area contributed by atoms with Gasteiger partial charge in [-0.15, -0.1) is 0 Å². The topological polar surface area (TPSA) is 266 Å². The zero-order chi connectivity index (χ0) is 64.4. The summed E-state index contributed by atoms with van der Waals surface area (Å²) in [5.41, 5.74) is 20.8. The first kappa shape index (κ1) is 65.6. The molecule has 0 spiro atoms. The standard InChI is InChI=1S/C24H30N6O2.C22H22N6O.C16H18N6.C6H13NO/c1-16(2)32-21-14-30(15-21)23(31)8-7-18-5-6-19(11-17(18)3)22-9-10-25-24(28-22)27-20-12-26-29(4)13-20;1-16-13-18(6-5-17(16)7-8-21(29)28-11-3-4-12-28)20-9-10-23-22(26-20)25-19-14-24-27(2)15-19;1-11-7-12(3-4-13(11)8-17)15-5-6-18-16(21-15)20-14-9-19-22(2)10-14;1-5(2)8-6-3-7-4-6/h5-6,9-13,16,21H,7-8,14-15H2,1-4H3,(H,25,27,28);3-6,9-15H,7-8H2,1-2H3,(H,23,25,26);3-7,9-10H,8,17H2,1-2H3,(H,18,20,21);5-7H,3-4H2,1-2H3. The van der Waals surface area contributed by atoms with Crippen molar-refractivity contribution in [3.05, 3.63) is 186 Å². The molecule has 2 saturated heterocycles. The molecular formula is C68H83N19O4. The molecule has 474 valence electrons. The Morgan fingerprint density at radius 3 is 1.26 bits per heavy atom. The highest BCUT2D eigenvalue weighted by Gasteiger charge is 2.31. The molecule has 9 heterocycles. The number of hydrogen-bond acceptors (Lipinski definition) is 18. The van der Waals surface area contributed by atoms with Gasteiger partial charge in [-0.25, -0.2) is 29.9 Å². The number of amides is 1. The van der Waals surface area contributed by atoms with Gasteiger partial charge in [0.2, 0.25) is 29.7 Å². The fraction of sp³-hybridized carbons (Fsp3) is 0.338. The molecule has 6 N–H and O–H groups in total. The highest BCUT2D eigenvalue weighted by molar-refractivity contribution is 5.79. The number of hydrogen-bond donors (Lipinski definition) is 5. The number of ether oxygens (including phenoxy) is 2. The van der Waals surface area contributed by atoms with Crippen LogP contribution in [0.1, 0.15) is 78.7 Å². The van der Waals surface area contributed by atoms with E-state index in [1.54, 1.807) is 68.2 Å². The molecule has 0 radical (unpaired) electrons. The smallest absolute Gasteiger partial charge is 0.230 e. The minimum absolute atomic E-state index is 0.0976. The van der Waals surface area contributed by atoms with Gasteiger partial charge in [0.1, 0.15) is 0 Å². The molecule has 2 aliphatic rings. The van der Waals surface area contributed by atoms with Gasteiger partial charge in [-0.1, -0.05) is 36.4 Å². The zero-order valence-electron chi connectivity index (χ0n) is 53.6. The number of nitrogens with one attached hydrogen (secondary N) is 4. The fourth-order valence-corrected chi connectivity index (χ4v) is 10.1. The van der Waals surface area contributed by atoms with Crippen molar-refractivity contribution in [2.24, 2.45) is 26.9 Å². The highest BCUT2D eigenvalue weighted by Crippen LogP contribution is 2.27. The molecule has 0 saturated carbocycles. The van der Waals surface area contributed by atoms with E-state index in [0.717, 1.165) is 92.6 Å². The zero-order valence-corrected chi connectivity index (χ0v) is 53.6. The molecule has 23 nitrogen and oxygen atoms in total. The molecule has 0 bridgehead atoms. The summed E-state index contributed by atoms with van der Waals surface area (Å²) in [6.45, 7) is 18.4. The second kappa shape index (κ2) is 31.6. The number of rotatable bonds is 20. The molecule has 23 heteroatoms. The predicted octanol–water partition coefficient (Wildman–Crippen LogP) is 10.3. The lowest BCUT2D eigenvalue weighted by Gasteiger charge is -2.40. The van der Waals surface area contributed by atoms with Crippen LogP contribution in [0.2, 0.25) is 0 Å². The molecule has 91 heavy (non-hydrogen) atoms. The molecule has 2 aliphatic heterocycles. The molecule has 2 fully saturated rings. The van der Waals surface area contributed by atoms with Crippen molar-refractivity contribution in [3.8, 4) is 33.8 Å². The summed E-state index contributed by atoms with van der Waals surface area (Å²) in [4.78, 5) is 53.2. The Morgan fingerprint density at radius 1 is 0.549 bits per heavy atom. The first-order valence-corrected chi connectivity index (χ1v) is 30.6. The van der Waals surface area contributed by atoms with E-state index in [0.29, 0.717) is 68.9 Å². The van der Waals surface area contributed by atoms with Gasteiger partial charge in [0, 0.05) is 133 Å². The molecule has 0 aliphatic carbocycles. The Hall–Kier alpha value is -9.81. The maximum atomic E-state index is 12.5. The van der Waals surface area contributed by atoms with Crippen LogP contribution in [0, 0.1) is 20.8 Å². The van der Waals surface area contributed by atoms with Crippen molar-refractivity contribution >= 4 is 46.7 Å². The van der Waals surface area contributed by atoms with Gasteiger partial charge in [-0.05, 0) is 143 Å². The average Bonchev–Trinajstić information content (AvgIpc) is 1.81. The lowest BCUT2D eigenvalue weighted by molar-refractivity contribution is -0.148. The van der Waals surface area contributed by atoms with E-state index >= 15 is 0 Å². The average molecular weight is 1230 g/mol. The molecular weight excluding hydrogens is 1150 g/mol. The summed E-state index contributed by atoms with van der Waals surface area (Å²) < 4.78 is 17.9. The first-order valence-electron chi connectivity index (χ1n) is 30.6. The number of benzene rings is 3. The maximum Gasteiger partial charge on any atom is 0.230 e. The van der Waals surface area contributed by atoms with Gasteiger partial charge in [-0.2, -0.15) is 15.3 Å². The van der Waals surface area contributed by atoms with Crippen LogP contribution in [0.4, 0.5) is 34.9 Å². The highest BCUT2D eigenvalue weighted by atomic mass is 16.5. The van der Waals surface area contributed by atoms with Crippen molar-refractivity contribution < 1.29 is 19.1 Å². The van der Waals surface area contributed by atoms with Crippen LogP contribution in [0.25, 0.3) is 33.8 Å². The Labute approximate surface area is 531 Å². The van der Waals surface area contributed by atoms with Crippen molar-refractivity contribution in [3.63, 3.8) is 0 Å². The van der Waals surface area contributed by atoms with Gasteiger partial charge in [0.15, 0.2) is 0 Å². The fourth-order valence-electron chi connectivity index (χ4n) is 10.1. The van der Waals surface area contributed by atoms with E-state index in [1.165, 1.54) is 11.1 Å². The van der Waals surface area contributed by atoms with Gasteiger partial charge in [0.05, 0.1) is 77.2 Å². The second-order valence-electron chi connectivity index (χ2n) is 23.1. The Kier molecular flexibility index (Phi) is 22.8. The van der Waals surface area contributed by atoms with E-state index in [2.05, 4.69) is 137 Å². The Morgan fingerprint density at radius 2 is 0.934 bits per heavy atom. The third-order valence-corrected chi connectivity index (χ3v) is 15.0. The van der Waals surface area contributed by atoms with Crippen LogP contribution in [-0.4, -0.2) is 131 Å². The number of anilines is 6. The number of aromatic nitrogens is 13. The van der Waals surface area contributed by atoms with Crippen LogP contribution in [0.3, 0.4) is 0 Å². The van der Waals surface area contributed by atoms with Crippen molar-refractivity contribution in [2.75, 3.05) is 42.1 Å². The quantitative estimate of drug-likeness (QED) is 0.0475. The number of carbonyl (C=O) groups is 2. The van der Waals surface area contributed by atoms with E-state index in [4.69, 9.17) is 15.2 Å². The Bertz CT molecular complexity index is 3970. The summed E-state index contributed by atoms with van der Waals surface area (Å²) in [5.74, 6) is 1.89. The van der Waals surface area contributed by atoms with E-state index in [9.17, 15) is 9.59 Å². The largest absolute Gasteiger partial charge is 0.373 e. The molecule has 3 aromatic carbocycles. The third kappa shape index (κ3) is 19.3. The minimum atomic E-state index is 0.0976. The summed E-state index contributed by atoms with van der Waals surface area (Å²) in [6.07, 6.45) is 23.3. The molecule has 0 atom stereocenters. The van der Waals surface area contributed by atoms with Gasteiger partial charge >= 0.3 is 0 Å². The molecule has 1 amide bonds. The van der Waals surface area contributed by atoms with E-state index in [-0.39, 0.29) is 24.0 Å². The number of nitrogens with two attached hydrogens (primary N) is 1. The molecule has 7 aromatic heterocycles. The predicted molar refractivity (Wildman–Crippen MR) is 355 cm³/mol. The summed E-state index contributed by atoms with van der Waals surface area (Å²) in [5, 5.41) is 25.0. The number of likely N-dealkylation sites (tertiary alicyclic amines) is 1. The SMILES string of the molecule is CC(C)OC1CNC1.Cc1cc(-c2ccnc(Nc3cnn(C)c3)n2)ccc1CCC(=O)N1CC(OC(C)C)C1.Cc1cc(-c2ccnc(Nc3cnn(C)c3)n2)ccc1CCC(=O)n1cccc1.Cc1cc(-c2ccnc(Nc3cnn(C)c3)n2)ccc1CN. The summed E-state index contributed by atoms with van der Waals surface area (Å²) in [6, 6.07) is 28.0. The number of aryl methyl sites for hydroxylation is 8. The van der Waals surface area contributed by atoms with Gasteiger partial charge < -0.3 is 41.4 Å². The number of carbonyl (C=O) groups excluding carboxylic acids is 2. The van der Waals surface area contributed by atoms with Crippen molar-refractivity contribution in [1.29, 1.82) is 0 Å². The summed E-state index contributed by atoms with van der Waals surface area (Å²) in [7, 11) is 5.59. The normalized spacial score (nSPS) is 12.8. The minimum Gasteiger partial charge on any atom is -0.373 e. The van der Waals surface area contributed by atoms with Crippen LogP contribution < -0.4 is 27.0 Å². The number of nitrogens with zero attached hydrogens (tertiary/aromatic N) is 14. The first-order chi connectivity index (χ1) is 43.9. The van der Waals surface area contributed by atoms with E-state index < -0.39 is 0 Å². The third-order valence-electron chi connectivity index (χ3n) is 15.0. The molecule has 12 rings (SSSR count). The lowest BCUT2D eigenvalue weighted by atomic mass is 9.99. The maximum absolute atomic E-state index is 12.5. The lowest BCUT2D eigenvalue weighted by Crippen LogP contribution is -2.55. The Balaban J connectivity index is 0.000000154. The van der Waals surface area contributed by atoms with Crippen LogP contribution in [-0.2, 0) is 54.8 Å². The van der Waals surface area contributed by atoms with Crippen LogP contribution >= 0.6 is 0 Å². The van der Waals surface area contributed by atoms with Crippen LogP contribution in [0.5, 0.6) is 0 Å². The van der Waals surface area contributed by atoms with Gasteiger partial charge in [0.25, 0.3) is 0 Å². The van der Waals surface area contributed by atoms with Crippen molar-refractivity contribution in [2.45, 2.75) is 105 Å². The van der Waals surface area contributed by atoms with Crippen LogP contribution in [0.15, 0.2) is 153 Å². The van der Waals surface area contributed by atoms with E-state index in [1.807, 2.05) is 107 Å².